The maximum absolute atomic E-state index is 4.69. The molecule has 2 N–H and O–H groups in total. The lowest BCUT2D eigenvalue weighted by atomic mass is 10.1. The van der Waals surface area contributed by atoms with Crippen molar-refractivity contribution in [3.63, 3.8) is 0 Å². The van der Waals surface area contributed by atoms with E-state index in [1.807, 2.05) is 23.0 Å². The van der Waals surface area contributed by atoms with Crippen LogP contribution in [0.4, 0.5) is 11.6 Å². The highest BCUT2D eigenvalue weighted by molar-refractivity contribution is 5.65. The molecule has 1 aliphatic rings. The summed E-state index contributed by atoms with van der Waals surface area (Å²) in [7, 11) is 0. The monoisotopic (exact) mass is 273 g/mol. The molecule has 20 heavy (non-hydrogen) atoms. The quantitative estimate of drug-likeness (QED) is 0.878. The van der Waals surface area contributed by atoms with Crippen molar-refractivity contribution in [3.05, 3.63) is 18.6 Å². The van der Waals surface area contributed by atoms with Gasteiger partial charge in [-0.2, -0.15) is 0 Å². The van der Waals surface area contributed by atoms with Gasteiger partial charge in [-0.05, 0) is 31.6 Å². The molecule has 0 saturated heterocycles. The molecular formula is C15H23N5. The van der Waals surface area contributed by atoms with Crippen LogP contribution < -0.4 is 10.6 Å². The van der Waals surface area contributed by atoms with Crippen LogP contribution in [-0.4, -0.2) is 27.0 Å². The van der Waals surface area contributed by atoms with Crippen molar-refractivity contribution in [1.82, 2.24) is 14.4 Å². The van der Waals surface area contributed by atoms with Gasteiger partial charge in [-0.25, -0.2) is 9.97 Å². The van der Waals surface area contributed by atoms with E-state index in [1.165, 1.54) is 19.3 Å². The second-order valence-electron chi connectivity index (χ2n) is 5.82. The Morgan fingerprint density at radius 3 is 3.05 bits per heavy atom. The zero-order valence-corrected chi connectivity index (χ0v) is 12.3. The van der Waals surface area contributed by atoms with Crippen molar-refractivity contribution in [2.75, 3.05) is 17.2 Å². The van der Waals surface area contributed by atoms with Crippen LogP contribution >= 0.6 is 0 Å². The third-order valence-electron chi connectivity index (χ3n) is 3.97. The Labute approximate surface area is 119 Å². The fraction of sp³-hybridized carbons (Fsp3) is 0.600. The van der Waals surface area contributed by atoms with Crippen molar-refractivity contribution in [3.8, 4) is 0 Å². The predicted molar refractivity (Wildman–Crippen MR) is 82.2 cm³/mol. The summed E-state index contributed by atoms with van der Waals surface area (Å²) in [5, 5.41) is 6.93. The van der Waals surface area contributed by atoms with Crippen LogP contribution in [0.2, 0.25) is 0 Å². The standard InChI is InChI=1S/C15H23N5/c1-3-6-16-13-10-20-8-7-17-15(20)14(19-13)18-12-5-4-11(2)9-12/h7-8,10-12,16H,3-6,9H2,1-2H3,(H,18,19). The number of fused-ring (bicyclic) bond motifs is 1. The number of hydrogen-bond acceptors (Lipinski definition) is 4. The fourth-order valence-corrected chi connectivity index (χ4v) is 2.90. The molecular weight excluding hydrogens is 250 g/mol. The van der Waals surface area contributed by atoms with E-state index >= 15 is 0 Å². The van der Waals surface area contributed by atoms with Gasteiger partial charge in [-0.15, -0.1) is 0 Å². The molecule has 0 spiro atoms. The summed E-state index contributed by atoms with van der Waals surface area (Å²) in [6, 6.07) is 0.527. The second kappa shape index (κ2) is 5.69. The Bertz CT molecular complexity index is 577. The van der Waals surface area contributed by atoms with Gasteiger partial charge in [0.15, 0.2) is 11.5 Å². The van der Waals surface area contributed by atoms with Crippen molar-refractivity contribution >= 4 is 17.3 Å². The minimum atomic E-state index is 0.527. The molecule has 0 aliphatic heterocycles. The fourth-order valence-electron chi connectivity index (χ4n) is 2.90. The summed E-state index contributed by atoms with van der Waals surface area (Å²) in [4.78, 5) is 9.10. The summed E-state index contributed by atoms with van der Waals surface area (Å²) in [6.07, 6.45) is 10.6. The summed E-state index contributed by atoms with van der Waals surface area (Å²) in [6.45, 7) is 5.41. The van der Waals surface area contributed by atoms with Gasteiger partial charge in [0.25, 0.3) is 0 Å². The lowest BCUT2D eigenvalue weighted by Gasteiger charge is -2.15. The molecule has 1 fully saturated rings. The minimum absolute atomic E-state index is 0.527. The number of anilines is 2. The highest BCUT2D eigenvalue weighted by Gasteiger charge is 2.22. The second-order valence-corrected chi connectivity index (χ2v) is 5.82. The molecule has 2 aromatic heterocycles. The zero-order valence-electron chi connectivity index (χ0n) is 12.3. The van der Waals surface area contributed by atoms with E-state index in [4.69, 9.17) is 4.98 Å². The summed E-state index contributed by atoms with van der Waals surface area (Å²) >= 11 is 0. The first-order valence-electron chi connectivity index (χ1n) is 7.60. The average Bonchev–Trinajstić information content (AvgIpc) is 3.05. The smallest absolute Gasteiger partial charge is 0.180 e. The molecule has 2 aromatic rings. The Balaban J connectivity index is 1.85. The molecule has 2 heterocycles. The average molecular weight is 273 g/mol. The van der Waals surface area contributed by atoms with Crippen LogP contribution in [0.5, 0.6) is 0 Å². The van der Waals surface area contributed by atoms with Gasteiger partial charge in [0.1, 0.15) is 5.82 Å². The van der Waals surface area contributed by atoms with E-state index < -0.39 is 0 Å². The van der Waals surface area contributed by atoms with Gasteiger partial charge in [-0.3, -0.25) is 0 Å². The van der Waals surface area contributed by atoms with Crippen LogP contribution in [0.1, 0.15) is 39.5 Å². The van der Waals surface area contributed by atoms with E-state index in [0.717, 1.165) is 36.2 Å². The zero-order chi connectivity index (χ0) is 13.9. The van der Waals surface area contributed by atoms with Gasteiger partial charge in [0, 0.05) is 25.0 Å². The Kier molecular flexibility index (Phi) is 3.76. The SMILES string of the molecule is CCCNc1cn2ccnc2c(NC2CCC(C)C2)n1. The molecule has 108 valence electrons. The van der Waals surface area contributed by atoms with Crippen molar-refractivity contribution in [2.45, 2.75) is 45.6 Å². The molecule has 0 radical (unpaired) electrons. The summed E-state index contributed by atoms with van der Waals surface area (Å²) < 4.78 is 2.03. The third kappa shape index (κ3) is 2.71. The molecule has 0 bridgehead atoms. The van der Waals surface area contributed by atoms with Crippen LogP contribution in [0.25, 0.3) is 5.65 Å². The number of aromatic nitrogens is 3. The lowest BCUT2D eigenvalue weighted by molar-refractivity contribution is 0.602. The molecule has 2 atom stereocenters. The minimum Gasteiger partial charge on any atom is -0.369 e. The van der Waals surface area contributed by atoms with Gasteiger partial charge in [-0.1, -0.05) is 13.8 Å². The molecule has 0 aromatic carbocycles. The maximum atomic E-state index is 4.69. The third-order valence-corrected chi connectivity index (χ3v) is 3.97. The largest absolute Gasteiger partial charge is 0.369 e. The normalized spacial score (nSPS) is 22.3. The van der Waals surface area contributed by atoms with Crippen LogP contribution in [-0.2, 0) is 0 Å². The molecule has 1 aliphatic carbocycles. The topological polar surface area (TPSA) is 54.2 Å². The summed E-state index contributed by atoms with van der Waals surface area (Å²) in [5.74, 6) is 2.62. The van der Waals surface area contributed by atoms with Crippen LogP contribution in [0, 0.1) is 5.92 Å². The molecule has 2 unspecified atom stereocenters. The van der Waals surface area contributed by atoms with Gasteiger partial charge in [0.2, 0.25) is 0 Å². The number of nitrogens with one attached hydrogen (secondary N) is 2. The van der Waals surface area contributed by atoms with Gasteiger partial charge in [0.05, 0.1) is 6.20 Å². The molecule has 0 amide bonds. The number of hydrogen-bond donors (Lipinski definition) is 2. The van der Waals surface area contributed by atoms with Crippen molar-refractivity contribution in [2.24, 2.45) is 5.92 Å². The number of rotatable bonds is 5. The Morgan fingerprint density at radius 1 is 1.40 bits per heavy atom. The van der Waals surface area contributed by atoms with E-state index in [-0.39, 0.29) is 0 Å². The predicted octanol–water partition coefficient (Wildman–Crippen LogP) is 3.15. The van der Waals surface area contributed by atoms with E-state index in [0.29, 0.717) is 6.04 Å². The molecule has 1 saturated carbocycles. The van der Waals surface area contributed by atoms with Crippen molar-refractivity contribution in [1.29, 1.82) is 0 Å². The van der Waals surface area contributed by atoms with E-state index in [2.05, 4.69) is 29.5 Å². The van der Waals surface area contributed by atoms with E-state index in [1.54, 1.807) is 0 Å². The van der Waals surface area contributed by atoms with E-state index in [9.17, 15) is 0 Å². The summed E-state index contributed by atoms with van der Waals surface area (Å²) in [5.41, 5.74) is 0.909. The first-order chi connectivity index (χ1) is 9.76. The Hall–Kier alpha value is -1.78. The van der Waals surface area contributed by atoms with Gasteiger partial charge < -0.3 is 15.0 Å². The highest BCUT2D eigenvalue weighted by atomic mass is 15.2. The highest BCUT2D eigenvalue weighted by Crippen LogP contribution is 2.28. The number of nitrogens with zero attached hydrogens (tertiary/aromatic N) is 3. The van der Waals surface area contributed by atoms with Crippen LogP contribution in [0.15, 0.2) is 18.6 Å². The molecule has 3 rings (SSSR count). The number of imidazole rings is 1. The first kappa shape index (κ1) is 13.2. The first-order valence-corrected chi connectivity index (χ1v) is 7.60. The lowest BCUT2D eigenvalue weighted by Crippen LogP contribution is -2.18. The van der Waals surface area contributed by atoms with Crippen molar-refractivity contribution < 1.29 is 0 Å². The maximum Gasteiger partial charge on any atom is 0.180 e. The van der Waals surface area contributed by atoms with Gasteiger partial charge >= 0.3 is 0 Å². The molecule has 5 nitrogen and oxygen atoms in total. The van der Waals surface area contributed by atoms with Crippen LogP contribution in [0.3, 0.4) is 0 Å². The Morgan fingerprint density at radius 2 is 2.30 bits per heavy atom. The molecule has 5 heteroatoms.